The Morgan fingerprint density at radius 3 is 2.94 bits per heavy atom. The lowest BCUT2D eigenvalue weighted by atomic mass is 9.76. The van der Waals surface area contributed by atoms with Crippen molar-refractivity contribution in [3.8, 4) is 0 Å². The standard InChI is InChI=1S/C14H28N2O2/c1-3-12-10-18-9-8-16(12)14(11-15)7-5-4-6-13(14)17-2/h12-13H,3-11,15H2,1-2H3. The molecule has 2 aliphatic rings. The number of rotatable bonds is 4. The molecule has 0 aromatic carbocycles. The molecule has 1 heterocycles. The number of methoxy groups -OCH3 is 1. The quantitative estimate of drug-likeness (QED) is 0.825. The first kappa shape index (κ1) is 14.3. The first-order chi connectivity index (χ1) is 8.78. The normalized spacial score (nSPS) is 38.8. The van der Waals surface area contributed by atoms with E-state index in [4.69, 9.17) is 15.2 Å². The van der Waals surface area contributed by atoms with Crippen molar-refractivity contribution in [1.82, 2.24) is 4.90 Å². The zero-order valence-electron chi connectivity index (χ0n) is 11.9. The third-order valence-electron chi connectivity index (χ3n) is 4.83. The fourth-order valence-electron chi connectivity index (χ4n) is 3.79. The van der Waals surface area contributed by atoms with E-state index in [0.717, 1.165) is 32.6 Å². The molecule has 0 amide bonds. The maximum atomic E-state index is 6.19. The monoisotopic (exact) mass is 256 g/mol. The number of ether oxygens (including phenoxy) is 2. The zero-order valence-corrected chi connectivity index (χ0v) is 11.9. The van der Waals surface area contributed by atoms with Crippen LogP contribution in [0.4, 0.5) is 0 Å². The third-order valence-corrected chi connectivity index (χ3v) is 4.83. The van der Waals surface area contributed by atoms with Crippen LogP contribution in [0.3, 0.4) is 0 Å². The van der Waals surface area contributed by atoms with Gasteiger partial charge in [0.2, 0.25) is 0 Å². The molecule has 4 heteroatoms. The van der Waals surface area contributed by atoms with E-state index >= 15 is 0 Å². The molecule has 2 rings (SSSR count). The number of nitrogens with zero attached hydrogens (tertiary/aromatic N) is 1. The van der Waals surface area contributed by atoms with Crippen LogP contribution in [0.25, 0.3) is 0 Å². The van der Waals surface area contributed by atoms with Crippen molar-refractivity contribution in [2.45, 2.75) is 56.7 Å². The lowest BCUT2D eigenvalue weighted by Crippen LogP contribution is -2.68. The van der Waals surface area contributed by atoms with E-state index in [-0.39, 0.29) is 11.6 Å². The summed E-state index contributed by atoms with van der Waals surface area (Å²) in [5.74, 6) is 0. The van der Waals surface area contributed by atoms with Gasteiger partial charge in [0.15, 0.2) is 0 Å². The Kier molecular flexibility index (Phi) is 5.01. The van der Waals surface area contributed by atoms with Gasteiger partial charge in [-0.15, -0.1) is 0 Å². The van der Waals surface area contributed by atoms with Gasteiger partial charge in [-0.2, -0.15) is 0 Å². The summed E-state index contributed by atoms with van der Waals surface area (Å²) in [7, 11) is 1.84. The fourth-order valence-corrected chi connectivity index (χ4v) is 3.79. The summed E-state index contributed by atoms with van der Waals surface area (Å²) < 4.78 is 11.4. The topological polar surface area (TPSA) is 47.7 Å². The molecule has 1 aliphatic carbocycles. The Morgan fingerprint density at radius 2 is 2.28 bits per heavy atom. The van der Waals surface area contributed by atoms with Gasteiger partial charge in [-0.25, -0.2) is 0 Å². The average Bonchev–Trinajstić information content (AvgIpc) is 2.46. The second-order valence-corrected chi connectivity index (χ2v) is 5.61. The Hall–Kier alpha value is -0.160. The SMILES string of the molecule is CCC1COCCN1C1(CN)CCCCC1OC. The summed E-state index contributed by atoms with van der Waals surface area (Å²) in [5.41, 5.74) is 6.23. The predicted molar refractivity (Wildman–Crippen MR) is 72.7 cm³/mol. The molecule has 4 nitrogen and oxygen atoms in total. The lowest BCUT2D eigenvalue weighted by molar-refractivity contribution is -0.131. The Bertz CT molecular complexity index is 262. The van der Waals surface area contributed by atoms with Crippen molar-refractivity contribution in [3.05, 3.63) is 0 Å². The average molecular weight is 256 g/mol. The molecule has 2 N–H and O–H groups in total. The number of morpholine rings is 1. The largest absolute Gasteiger partial charge is 0.379 e. The van der Waals surface area contributed by atoms with Crippen molar-refractivity contribution in [1.29, 1.82) is 0 Å². The summed E-state index contributed by atoms with van der Waals surface area (Å²) >= 11 is 0. The first-order valence-corrected chi connectivity index (χ1v) is 7.36. The van der Waals surface area contributed by atoms with Crippen LogP contribution in [-0.2, 0) is 9.47 Å². The second kappa shape index (κ2) is 6.33. The molecule has 18 heavy (non-hydrogen) atoms. The number of hydrogen-bond acceptors (Lipinski definition) is 4. The molecule has 1 aliphatic heterocycles. The van der Waals surface area contributed by atoms with Crippen LogP contribution < -0.4 is 5.73 Å². The van der Waals surface area contributed by atoms with E-state index in [1.165, 1.54) is 19.3 Å². The smallest absolute Gasteiger partial charge is 0.0767 e. The predicted octanol–water partition coefficient (Wildman–Crippen LogP) is 1.38. The molecule has 0 radical (unpaired) electrons. The van der Waals surface area contributed by atoms with Gasteiger partial charge in [0.1, 0.15) is 0 Å². The fraction of sp³-hybridized carbons (Fsp3) is 1.00. The molecule has 1 saturated heterocycles. The van der Waals surface area contributed by atoms with Crippen molar-refractivity contribution < 1.29 is 9.47 Å². The molecular formula is C14H28N2O2. The molecular weight excluding hydrogens is 228 g/mol. The highest BCUT2D eigenvalue weighted by atomic mass is 16.5. The van der Waals surface area contributed by atoms with E-state index in [1.54, 1.807) is 0 Å². The number of nitrogens with two attached hydrogens (primary N) is 1. The van der Waals surface area contributed by atoms with Gasteiger partial charge in [-0.1, -0.05) is 19.8 Å². The minimum atomic E-state index is 0.0391. The van der Waals surface area contributed by atoms with E-state index < -0.39 is 0 Å². The van der Waals surface area contributed by atoms with Crippen molar-refractivity contribution in [2.75, 3.05) is 33.4 Å². The summed E-state index contributed by atoms with van der Waals surface area (Å²) in [4.78, 5) is 2.60. The highest BCUT2D eigenvalue weighted by molar-refractivity contribution is 5.03. The molecule has 2 fully saturated rings. The molecule has 0 bridgehead atoms. The Balaban J connectivity index is 2.22. The van der Waals surface area contributed by atoms with Gasteiger partial charge in [0, 0.05) is 26.2 Å². The van der Waals surface area contributed by atoms with Crippen LogP contribution >= 0.6 is 0 Å². The third kappa shape index (κ3) is 2.44. The Morgan fingerprint density at radius 1 is 1.44 bits per heavy atom. The van der Waals surface area contributed by atoms with Crippen LogP contribution in [0.15, 0.2) is 0 Å². The van der Waals surface area contributed by atoms with Crippen molar-refractivity contribution >= 4 is 0 Å². The molecule has 0 spiro atoms. The van der Waals surface area contributed by atoms with Gasteiger partial charge < -0.3 is 15.2 Å². The summed E-state index contributed by atoms with van der Waals surface area (Å²) in [6.07, 6.45) is 6.24. The van der Waals surface area contributed by atoms with Gasteiger partial charge in [0.25, 0.3) is 0 Å². The summed E-state index contributed by atoms with van der Waals surface area (Å²) in [6, 6.07) is 0.498. The lowest BCUT2D eigenvalue weighted by Gasteiger charge is -2.54. The number of hydrogen-bond donors (Lipinski definition) is 1. The van der Waals surface area contributed by atoms with E-state index in [0.29, 0.717) is 12.6 Å². The van der Waals surface area contributed by atoms with Crippen LogP contribution in [0.5, 0.6) is 0 Å². The molecule has 3 unspecified atom stereocenters. The zero-order chi connectivity index (χ0) is 13.0. The van der Waals surface area contributed by atoms with Gasteiger partial charge in [0.05, 0.1) is 24.9 Å². The van der Waals surface area contributed by atoms with E-state index in [1.807, 2.05) is 7.11 Å². The van der Waals surface area contributed by atoms with Gasteiger partial charge >= 0.3 is 0 Å². The first-order valence-electron chi connectivity index (χ1n) is 7.36. The van der Waals surface area contributed by atoms with Crippen molar-refractivity contribution in [3.63, 3.8) is 0 Å². The van der Waals surface area contributed by atoms with Crippen LogP contribution in [-0.4, -0.2) is 56.0 Å². The van der Waals surface area contributed by atoms with Crippen LogP contribution in [0.2, 0.25) is 0 Å². The van der Waals surface area contributed by atoms with E-state index in [9.17, 15) is 0 Å². The molecule has 106 valence electrons. The highest BCUT2D eigenvalue weighted by Gasteiger charge is 2.47. The Labute approximate surface area is 111 Å². The maximum Gasteiger partial charge on any atom is 0.0767 e. The highest BCUT2D eigenvalue weighted by Crippen LogP contribution is 2.37. The minimum Gasteiger partial charge on any atom is -0.379 e. The summed E-state index contributed by atoms with van der Waals surface area (Å²) in [5, 5.41) is 0. The summed E-state index contributed by atoms with van der Waals surface area (Å²) in [6.45, 7) is 5.60. The van der Waals surface area contributed by atoms with E-state index in [2.05, 4.69) is 11.8 Å². The van der Waals surface area contributed by atoms with Crippen LogP contribution in [0, 0.1) is 0 Å². The van der Waals surface area contributed by atoms with Crippen LogP contribution in [0.1, 0.15) is 39.0 Å². The molecule has 0 aromatic rings. The second-order valence-electron chi connectivity index (χ2n) is 5.61. The van der Waals surface area contributed by atoms with Gasteiger partial charge in [-0.05, 0) is 19.3 Å². The molecule has 3 atom stereocenters. The van der Waals surface area contributed by atoms with Crippen molar-refractivity contribution in [2.24, 2.45) is 5.73 Å². The van der Waals surface area contributed by atoms with Gasteiger partial charge in [-0.3, -0.25) is 4.90 Å². The molecule has 0 aromatic heterocycles. The maximum absolute atomic E-state index is 6.19. The molecule has 1 saturated carbocycles. The minimum absolute atomic E-state index is 0.0391.